The molecule has 1 aromatic carbocycles. The Bertz CT molecular complexity index is 1070. The summed E-state index contributed by atoms with van der Waals surface area (Å²) >= 11 is 0. The molecule has 2 aromatic heterocycles. The van der Waals surface area contributed by atoms with Gasteiger partial charge in [-0.05, 0) is 74.3 Å². The lowest BCUT2D eigenvalue weighted by atomic mass is 9.89. The van der Waals surface area contributed by atoms with Crippen LogP contribution in [0.2, 0.25) is 0 Å². The molecule has 0 aliphatic carbocycles. The summed E-state index contributed by atoms with van der Waals surface area (Å²) in [6.45, 7) is 3.51. The second kappa shape index (κ2) is 9.77. The van der Waals surface area contributed by atoms with Crippen molar-refractivity contribution in [3.63, 3.8) is 0 Å². The molecule has 33 heavy (non-hydrogen) atoms. The van der Waals surface area contributed by atoms with Crippen molar-refractivity contribution in [2.24, 2.45) is 11.8 Å². The first-order chi connectivity index (χ1) is 16.2. The lowest BCUT2D eigenvalue weighted by Crippen LogP contribution is -2.45. The molecule has 2 aliphatic heterocycles. The molecule has 2 fully saturated rings. The molecule has 174 valence electrons. The number of nitrogens with zero attached hydrogens (tertiary/aromatic N) is 6. The summed E-state index contributed by atoms with van der Waals surface area (Å²) in [4.78, 5) is 17.5. The zero-order chi connectivity index (χ0) is 22.6. The smallest absolute Gasteiger partial charge is 0.225 e. The Balaban J connectivity index is 1.06. The van der Waals surface area contributed by atoms with Gasteiger partial charge in [-0.15, -0.1) is 15.3 Å². The highest BCUT2D eigenvalue weighted by Gasteiger charge is 2.31. The van der Waals surface area contributed by atoms with E-state index in [4.69, 9.17) is 4.74 Å². The number of hydrogen-bond donors (Lipinski definition) is 0. The van der Waals surface area contributed by atoms with Crippen LogP contribution >= 0.6 is 0 Å². The molecule has 8 heteroatoms. The van der Waals surface area contributed by atoms with Crippen LogP contribution in [0.4, 0.5) is 5.82 Å². The number of benzene rings is 1. The molecule has 0 unspecified atom stereocenters. The molecule has 0 N–H and O–H groups in total. The monoisotopic (exact) mass is 448 g/mol. The van der Waals surface area contributed by atoms with E-state index >= 15 is 0 Å². The predicted octanol–water partition coefficient (Wildman–Crippen LogP) is 3.22. The summed E-state index contributed by atoms with van der Waals surface area (Å²) < 4.78 is 6.94. The highest BCUT2D eigenvalue weighted by Crippen LogP contribution is 2.27. The molecule has 5 rings (SSSR count). The molecule has 3 aromatic rings. The third-order valence-electron chi connectivity index (χ3n) is 7.24. The number of rotatable bonds is 6. The first kappa shape index (κ1) is 21.7. The number of methoxy groups -OCH3 is 1. The minimum absolute atomic E-state index is 0.135. The van der Waals surface area contributed by atoms with Crippen molar-refractivity contribution < 1.29 is 9.53 Å². The Morgan fingerprint density at radius 3 is 2.48 bits per heavy atom. The first-order valence-corrected chi connectivity index (χ1v) is 12.0. The minimum atomic E-state index is 0.135. The van der Waals surface area contributed by atoms with E-state index in [2.05, 4.69) is 37.2 Å². The van der Waals surface area contributed by atoms with Crippen molar-refractivity contribution in [1.29, 1.82) is 0 Å². The standard InChI is InChI=1S/C25H32N6O2/c1-33-22-6-4-19(5-7-22)2-3-20-10-14-30(15-11-20)25(32)21-12-16-29(17-13-21)24-9-8-23-27-26-18-31(23)28-24/h4-9,18,20-21H,2-3,10-17H2,1H3. The quantitative estimate of drug-likeness (QED) is 0.576. The van der Waals surface area contributed by atoms with Crippen molar-refractivity contribution in [3.05, 3.63) is 48.3 Å². The molecular formula is C25H32N6O2. The summed E-state index contributed by atoms with van der Waals surface area (Å²) in [7, 11) is 1.70. The third-order valence-corrected chi connectivity index (χ3v) is 7.24. The number of piperidine rings is 2. The van der Waals surface area contributed by atoms with E-state index in [0.29, 0.717) is 11.8 Å². The van der Waals surface area contributed by atoms with Crippen LogP contribution < -0.4 is 9.64 Å². The first-order valence-electron chi connectivity index (χ1n) is 12.0. The van der Waals surface area contributed by atoms with Crippen LogP contribution in [0.25, 0.3) is 5.65 Å². The maximum atomic E-state index is 13.1. The number of ether oxygens (including phenoxy) is 1. The van der Waals surface area contributed by atoms with E-state index in [0.717, 1.165) is 75.5 Å². The second-order valence-corrected chi connectivity index (χ2v) is 9.24. The Morgan fingerprint density at radius 1 is 1.00 bits per heavy atom. The average Bonchev–Trinajstić information content (AvgIpc) is 3.36. The molecule has 0 bridgehead atoms. The maximum absolute atomic E-state index is 13.1. The molecular weight excluding hydrogens is 416 g/mol. The number of amides is 1. The fourth-order valence-corrected chi connectivity index (χ4v) is 5.11. The van der Waals surface area contributed by atoms with Gasteiger partial charge in [0.15, 0.2) is 5.65 Å². The summed E-state index contributed by atoms with van der Waals surface area (Å²) in [5.74, 6) is 3.02. The molecule has 2 aliphatic rings. The second-order valence-electron chi connectivity index (χ2n) is 9.24. The van der Waals surface area contributed by atoms with Crippen molar-refractivity contribution in [2.45, 2.75) is 38.5 Å². The summed E-state index contributed by atoms with van der Waals surface area (Å²) in [6.07, 6.45) is 7.91. The number of carbonyl (C=O) groups is 1. The zero-order valence-electron chi connectivity index (χ0n) is 19.3. The van der Waals surface area contributed by atoms with Crippen LogP contribution in [0, 0.1) is 11.8 Å². The van der Waals surface area contributed by atoms with Crippen LogP contribution in [0.5, 0.6) is 5.75 Å². The molecule has 8 nitrogen and oxygen atoms in total. The number of fused-ring (bicyclic) bond motifs is 1. The third kappa shape index (κ3) is 4.94. The molecule has 1 amide bonds. The van der Waals surface area contributed by atoms with Gasteiger partial charge in [0, 0.05) is 32.1 Å². The van der Waals surface area contributed by atoms with Gasteiger partial charge in [0.05, 0.1) is 7.11 Å². The SMILES string of the molecule is COc1ccc(CCC2CCN(C(=O)C3CCN(c4ccc5nncn5n4)CC3)CC2)cc1. The van der Waals surface area contributed by atoms with Gasteiger partial charge in [-0.1, -0.05) is 12.1 Å². The van der Waals surface area contributed by atoms with Crippen molar-refractivity contribution in [2.75, 3.05) is 38.2 Å². The van der Waals surface area contributed by atoms with Crippen LogP contribution in [0.15, 0.2) is 42.7 Å². The molecule has 0 radical (unpaired) electrons. The number of likely N-dealkylation sites (tertiary alicyclic amines) is 1. The van der Waals surface area contributed by atoms with Gasteiger partial charge < -0.3 is 14.5 Å². The van der Waals surface area contributed by atoms with E-state index < -0.39 is 0 Å². The Hall–Kier alpha value is -3.16. The van der Waals surface area contributed by atoms with Crippen LogP contribution in [0.1, 0.15) is 37.7 Å². The molecule has 4 heterocycles. The number of aromatic nitrogens is 4. The summed E-state index contributed by atoms with van der Waals surface area (Å²) in [5.41, 5.74) is 2.11. The van der Waals surface area contributed by atoms with E-state index in [1.807, 2.05) is 24.3 Å². The Labute approximate surface area is 194 Å². The van der Waals surface area contributed by atoms with Crippen LogP contribution in [0.3, 0.4) is 0 Å². The normalized spacial score (nSPS) is 18.1. The number of anilines is 1. The van der Waals surface area contributed by atoms with Crippen molar-refractivity contribution in [3.8, 4) is 5.75 Å². The maximum Gasteiger partial charge on any atom is 0.225 e. The van der Waals surface area contributed by atoms with Crippen LogP contribution in [-0.2, 0) is 11.2 Å². The minimum Gasteiger partial charge on any atom is -0.497 e. The molecule has 0 atom stereocenters. The fourth-order valence-electron chi connectivity index (χ4n) is 5.11. The van der Waals surface area contributed by atoms with E-state index in [1.165, 1.54) is 12.0 Å². The van der Waals surface area contributed by atoms with E-state index in [-0.39, 0.29) is 5.92 Å². The highest BCUT2D eigenvalue weighted by atomic mass is 16.5. The van der Waals surface area contributed by atoms with Gasteiger partial charge in [0.2, 0.25) is 5.91 Å². The lowest BCUT2D eigenvalue weighted by molar-refractivity contribution is -0.137. The van der Waals surface area contributed by atoms with E-state index in [9.17, 15) is 4.79 Å². The van der Waals surface area contributed by atoms with Crippen LogP contribution in [-0.4, -0.2) is 63.9 Å². The van der Waals surface area contributed by atoms with Gasteiger partial charge in [-0.2, -0.15) is 4.52 Å². The van der Waals surface area contributed by atoms with Gasteiger partial charge in [-0.3, -0.25) is 4.79 Å². The predicted molar refractivity (Wildman–Crippen MR) is 126 cm³/mol. The summed E-state index contributed by atoms with van der Waals surface area (Å²) in [6, 6.07) is 12.3. The van der Waals surface area contributed by atoms with Crippen molar-refractivity contribution in [1.82, 2.24) is 24.7 Å². The van der Waals surface area contributed by atoms with Gasteiger partial charge >= 0.3 is 0 Å². The highest BCUT2D eigenvalue weighted by molar-refractivity contribution is 5.79. The largest absolute Gasteiger partial charge is 0.497 e. The van der Waals surface area contributed by atoms with Gasteiger partial charge in [-0.25, -0.2) is 0 Å². The Kier molecular flexibility index (Phi) is 6.41. The number of carbonyl (C=O) groups excluding carboxylic acids is 1. The lowest BCUT2D eigenvalue weighted by Gasteiger charge is -2.37. The average molecular weight is 449 g/mol. The molecule has 0 spiro atoms. The topological polar surface area (TPSA) is 75.9 Å². The van der Waals surface area contributed by atoms with Gasteiger partial charge in [0.1, 0.15) is 17.9 Å². The summed E-state index contributed by atoms with van der Waals surface area (Å²) in [5, 5.41) is 12.5. The number of aryl methyl sites for hydroxylation is 1. The van der Waals surface area contributed by atoms with E-state index in [1.54, 1.807) is 18.0 Å². The fraction of sp³-hybridized carbons (Fsp3) is 0.520. The zero-order valence-corrected chi connectivity index (χ0v) is 19.3. The van der Waals surface area contributed by atoms with Crippen molar-refractivity contribution >= 4 is 17.4 Å². The Morgan fingerprint density at radius 2 is 1.76 bits per heavy atom. The molecule has 0 saturated carbocycles. The molecule has 2 saturated heterocycles. The number of hydrogen-bond acceptors (Lipinski definition) is 6. The van der Waals surface area contributed by atoms with Gasteiger partial charge in [0.25, 0.3) is 0 Å².